The van der Waals surface area contributed by atoms with Crippen LogP contribution in [0.4, 0.5) is 4.39 Å². The average molecular weight is 221 g/mol. The van der Waals surface area contributed by atoms with Gasteiger partial charge in [-0.2, -0.15) is 0 Å². The molecule has 0 nitrogen and oxygen atoms in total. The Morgan fingerprint density at radius 3 is 2.70 bits per heavy atom. The smallest absolute Gasteiger partial charge is 0.136 e. The number of thioether (sulfide) groups is 1. The molecule has 0 unspecified atom stereocenters. The Bertz CT molecular complexity index is 237. The Morgan fingerprint density at radius 2 is 2.20 bits per heavy atom. The molecule has 0 aliphatic rings. The van der Waals surface area contributed by atoms with Crippen LogP contribution in [0.5, 0.6) is 0 Å². The molecule has 10 heavy (non-hydrogen) atoms. The van der Waals surface area contributed by atoms with Gasteiger partial charge in [-0.15, -0.1) is 11.8 Å². The average Bonchev–Trinajstić information content (AvgIpc) is 1.94. The standard InChI is InChI=1S/C7H6BrFS/c1-10-7-4-5(8)2-3-6(7)9/h2-4H,1H3. The summed E-state index contributed by atoms with van der Waals surface area (Å²) in [5, 5.41) is 0. The maximum atomic E-state index is 12.7. The van der Waals surface area contributed by atoms with Gasteiger partial charge < -0.3 is 0 Å². The van der Waals surface area contributed by atoms with E-state index in [1.165, 1.54) is 17.8 Å². The molecule has 3 heteroatoms. The minimum atomic E-state index is -0.157. The van der Waals surface area contributed by atoms with Crippen LogP contribution in [0.1, 0.15) is 0 Å². The summed E-state index contributed by atoms with van der Waals surface area (Å²) in [6.07, 6.45) is 1.85. The summed E-state index contributed by atoms with van der Waals surface area (Å²) in [4.78, 5) is 0.675. The SMILES string of the molecule is CSc1cc(Br)ccc1F. The fourth-order valence-corrected chi connectivity index (χ4v) is 1.65. The van der Waals surface area contributed by atoms with Crippen LogP contribution < -0.4 is 0 Å². The molecule has 1 aromatic rings. The quantitative estimate of drug-likeness (QED) is 0.655. The van der Waals surface area contributed by atoms with E-state index >= 15 is 0 Å². The van der Waals surface area contributed by atoms with Crippen molar-refractivity contribution in [1.82, 2.24) is 0 Å². The molecule has 1 rings (SSSR count). The molecule has 0 radical (unpaired) electrons. The highest BCUT2D eigenvalue weighted by atomic mass is 79.9. The van der Waals surface area contributed by atoms with Crippen LogP contribution in [0.2, 0.25) is 0 Å². The minimum Gasteiger partial charge on any atom is -0.206 e. The normalized spacial score (nSPS) is 9.90. The van der Waals surface area contributed by atoms with Crippen molar-refractivity contribution in [3.8, 4) is 0 Å². The molecule has 0 aliphatic heterocycles. The molecule has 0 heterocycles. The lowest BCUT2D eigenvalue weighted by Crippen LogP contribution is -1.77. The van der Waals surface area contributed by atoms with Gasteiger partial charge in [-0.05, 0) is 24.5 Å². The van der Waals surface area contributed by atoms with Crippen molar-refractivity contribution in [2.45, 2.75) is 4.90 Å². The number of hydrogen-bond donors (Lipinski definition) is 0. The summed E-state index contributed by atoms with van der Waals surface area (Å²) in [6.45, 7) is 0. The predicted molar refractivity (Wildman–Crippen MR) is 45.9 cm³/mol. The van der Waals surface area contributed by atoms with Gasteiger partial charge in [0.25, 0.3) is 0 Å². The first-order chi connectivity index (χ1) is 4.74. The second kappa shape index (κ2) is 3.39. The third-order valence-electron chi connectivity index (χ3n) is 1.11. The number of halogens is 2. The van der Waals surface area contributed by atoms with Gasteiger partial charge in [-0.25, -0.2) is 4.39 Å². The highest BCUT2D eigenvalue weighted by Crippen LogP contribution is 2.22. The molecule has 0 aromatic heterocycles. The molecule has 0 amide bonds. The Balaban J connectivity index is 3.09. The second-order valence-electron chi connectivity index (χ2n) is 1.78. The van der Waals surface area contributed by atoms with Gasteiger partial charge in [0.1, 0.15) is 5.82 Å². The van der Waals surface area contributed by atoms with Gasteiger partial charge in [0, 0.05) is 9.37 Å². The number of rotatable bonds is 1. The van der Waals surface area contributed by atoms with Crippen LogP contribution in [0.25, 0.3) is 0 Å². The zero-order valence-corrected chi connectivity index (χ0v) is 7.80. The fraction of sp³-hybridized carbons (Fsp3) is 0.143. The van der Waals surface area contributed by atoms with Gasteiger partial charge in [0.15, 0.2) is 0 Å². The zero-order chi connectivity index (χ0) is 7.56. The largest absolute Gasteiger partial charge is 0.206 e. The molecule has 0 aliphatic carbocycles. The van der Waals surface area contributed by atoms with Crippen molar-refractivity contribution in [3.63, 3.8) is 0 Å². The van der Waals surface area contributed by atoms with Crippen LogP contribution in [0, 0.1) is 5.82 Å². The van der Waals surface area contributed by atoms with E-state index in [1.54, 1.807) is 12.1 Å². The summed E-state index contributed by atoms with van der Waals surface area (Å²) in [7, 11) is 0. The van der Waals surface area contributed by atoms with E-state index in [9.17, 15) is 4.39 Å². The first-order valence-electron chi connectivity index (χ1n) is 2.73. The summed E-state index contributed by atoms with van der Waals surface area (Å²) >= 11 is 4.66. The van der Waals surface area contributed by atoms with E-state index in [4.69, 9.17) is 0 Å². The second-order valence-corrected chi connectivity index (χ2v) is 3.54. The zero-order valence-electron chi connectivity index (χ0n) is 5.40. The summed E-state index contributed by atoms with van der Waals surface area (Å²) in [5.41, 5.74) is 0. The maximum absolute atomic E-state index is 12.7. The van der Waals surface area contributed by atoms with Gasteiger partial charge >= 0.3 is 0 Å². The summed E-state index contributed by atoms with van der Waals surface area (Å²) in [6, 6.07) is 4.91. The van der Waals surface area contributed by atoms with E-state index in [2.05, 4.69) is 15.9 Å². The fourth-order valence-electron chi connectivity index (χ4n) is 0.634. The molecule has 0 fully saturated rings. The summed E-state index contributed by atoms with van der Waals surface area (Å²) in [5.74, 6) is -0.157. The van der Waals surface area contributed by atoms with Crippen molar-refractivity contribution in [2.24, 2.45) is 0 Å². The van der Waals surface area contributed by atoms with Crippen LogP contribution >= 0.6 is 27.7 Å². The maximum Gasteiger partial charge on any atom is 0.136 e. The molecule has 0 atom stereocenters. The first-order valence-corrected chi connectivity index (χ1v) is 4.75. The Kier molecular flexibility index (Phi) is 2.74. The van der Waals surface area contributed by atoms with E-state index in [0.29, 0.717) is 4.90 Å². The van der Waals surface area contributed by atoms with Crippen molar-refractivity contribution in [1.29, 1.82) is 0 Å². The highest BCUT2D eigenvalue weighted by molar-refractivity contribution is 9.10. The van der Waals surface area contributed by atoms with Gasteiger partial charge in [-0.3, -0.25) is 0 Å². The molecular formula is C7H6BrFS. The molecule has 0 N–H and O–H groups in total. The monoisotopic (exact) mass is 220 g/mol. The van der Waals surface area contributed by atoms with Crippen LogP contribution in [-0.4, -0.2) is 6.26 Å². The van der Waals surface area contributed by atoms with Gasteiger partial charge in [0.05, 0.1) is 0 Å². The molecule has 0 saturated carbocycles. The molecule has 0 bridgehead atoms. The first kappa shape index (κ1) is 8.08. The van der Waals surface area contributed by atoms with Gasteiger partial charge in [-0.1, -0.05) is 15.9 Å². The van der Waals surface area contributed by atoms with E-state index in [-0.39, 0.29) is 5.82 Å². The topological polar surface area (TPSA) is 0 Å². The Morgan fingerprint density at radius 1 is 1.50 bits per heavy atom. The van der Waals surface area contributed by atoms with E-state index in [1.807, 2.05) is 6.26 Å². The number of hydrogen-bond acceptors (Lipinski definition) is 1. The Labute approximate surface area is 72.0 Å². The van der Waals surface area contributed by atoms with Crippen molar-refractivity contribution < 1.29 is 4.39 Å². The third-order valence-corrected chi connectivity index (χ3v) is 2.36. The van der Waals surface area contributed by atoms with Crippen molar-refractivity contribution in [3.05, 3.63) is 28.5 Å². The summed E-state index contributed by atoms with van der Waals surface area (Å²) < 4.78 is 13.6. The Hall–Kier alpha value is -0.0200. The van der Waals surface area contributed by atoms with Crippen LogP contribution in [-0.2, 0) is 0 Å². The lowest BCUT2D eigenvalue weighted by molar-refractivity contribution is 0.602. The lowest BCUT2D eigenvalue weighted by Gasteiger charge is -1.97. The molecule has 0 saturated heterocycles. The third kappa shape index (κ3) is 1.73. The molecular weight excluding hydrogens is 215 g/mol. The molecule has 54 valence electrons. The van der Waals surface area contributed by atoms with E-state index < -0.39 is 0 Å². The lowest BCUT2D eigenvalue weighted by atomic mass is 10.3. The highest BCUT2D eigenvalue weighted by Gasteiger charge is 1.98. The molecule has 1 aromatic carbocycles. The molecule has 0 spiro atoms. The minimum absolute atomic E-state index is 0.157. The predicted octanol–water partition coefficient (Wildman–Crippen LogP) is 3.31. The van der Waals surface area contributed by atoms with Crippen molar-refractivity contribution in [2.75, 3.05) is 6.26 Å². The number of benzene rings is 1. The van der Waals surface area contributed by atoms with Crippen LogP contribution in [0.3, 0.4) is 0 Å². The van der Waals surface area contributed by atoms with E-state index in [0.717, 1.165) is 4.47 Å². The van der Waals surface area contributed by atoms with Crippen molar-refractivity contribution >= 4 is 27.7 Å². The van der Waals surface area contributed by atoms with Gasteiger partial charge in [0.2, 0.25) is 0 Å². The van der Waals surface area contributed by atoms with Crippen LogP contribution in [0.15, 0.2) is 27.6 Å².